The molecule has 0 saturated carbocycles. The third-order valence-corrected chi connectivity index (χ3v) is 2.84. The van der Waals surface area contributed by atoms with E-state index < -0.39 is 0 Å². The van der Waals surface area contributed by atoms with E-state index in [1.807, 2.05) is 18.2 Å². The standard InChI is InChI=1S/C13H15ClN2O3/c1-8(14)13-15-12(19-16-13)7-9-4-5-10(17-2)11(6-9)18-3/h4-6,8H,7H2,1-3H3. The number of hydrogen-bond donors (Lipinski definition) is 0. The van der Waals surface area contributed by atoms with Crippen LogP contribution < -0.4 is 9.47 Å². The van der Waals surface area contributed by atoms with Crippen LogP contribution in [0.25, 0.3) is 0 Å². The molecule has 1 heterocycles. The molecule has 0 aliphatic rings. The third-order valence-electron chi connectivity index (χ3n) is 2.64. The van der Waals surface area contributed by atoms with Crippen LogP contribution in [0.15, 0.2) is 22.7 Å². The van der Waals surface area contributed by atoms with Crippen molar-refractivity contribution in [3.8, 4) is 11.5 Å². The Morgan fingerprint density at radius 3 is 2.58 bits per heavy atom. The lowest BCUT2D eigenvalue weighted by Crippen LogP contribution is -1.94. The summed E-state index contributed by atoms with van der Waals surface area (Å²) in [6.45, 7) is 1.80. The van der Waals surface area contributed by atoms with E-state index >= 15 is 0 Å². The summed E-state index contributed by atoms with van der Waals surface area (Å²) >= 11 is 5.89. The lowest BCUT2D eigenvalue weighted by atomic mass is 10.1. The van der Waals surface area contributed by atoms with Crippen molar-refractivity contribution in [1.82, 2.24) is 10.1 Å². The Kier molecular flexibility index (Phi) is 4.27. The van der Waals surface area contributed by atoms with Gasteiger partial charge in [-0.25, -0.2) is 0 Å². The van der Waals surface area contributed by atoms with Gasteiger partial charge in [0.25, 0.3) is 0 Å². The zero-order valence-corrected chi connectivity index (χ0v) is 11.8. The highest BCUT2D eigenvalue weighted by molar-refractivity contribution is 6.20. The predicted molar refractivity (Wildman–Crippen MR) is 70.9 cm³/mol. The summed E-state index contributed by atoms with van der Waals surface area (Å²) in [5.74, 6) is 2.38. The van der Waals surface area contributed by atoms with Crippen LogP contribution in [0.2, 0.25) is 0 Å². The minimum absolute atomic E-state index is 0.261. The summed E-state index contributed by atoms with van der Waals surface area (Å²) in [7, 11) is 3.20. The zero-order chi connectivity index (χ0) is 13.8. The first-order valence-corrected chi connectivity index (χ1v) is 6.25. The normalized spacial score (nSPS) is 12.2. The molecule has 0 saturated heterocycles. The number of nitrogens with zero attached hydrogens (tertiary/aromatic N) is 2. The molecular weight excluding hydrogens is 268 g/mol. The van der Waals surface area contributed by atoms with Gasteiger partial charge in [0.2, 0.25) is 5.89 Å². The first-order valence-electron chi connectivity index (χ1n) is 5.81. The van der Waals surface area contributed by atoms with Crippen molar-refractivity contribution in [2.45, 2.75) is 18.7 Å². The molecule has 102 valence electrons. The van der Waals surface area contributed by atoms with E-state index in [-0.39, 0.29) is 5.38 Å². The molecule has 1 aromatic carbocycles. The number of rotatable bonds is 5. The average Bonchev–Trinajstić information content (AvgIpc) is 2.87. The van der Waals surface area contributed by atoms with Gasteiger partial charge in [0, 0.05) is 0 Å². The minimum Gasteiger partial charge on any atom is -0.493 e. The van der Waals surface area contributed by atoms with Gasteiger partial charge in [0.15, 0.2) is 17.3 Å². The Hall–Kier alpha value is -1.75. The zero-order valence-electron chi connectivity index (χ0n) is 11.0. The number of methoxy groups -OCH3 is 2. The maximum absolute atomic E-state index is 5.89. The SMILES string of the molecule is COc1ccc(Cc2nc(C(C)Cl)no2)cc1OC. The Morgan fingerprint density at radius 2 is 2.00 bits per heavy atom. The fraction of sp³-hybridized carbons (Fsp3) is 0.385. The Labute approximate surface area is 116 Å². The summed E-state index contributed by atoms with van der Waals surface area (Å²) in [5, 5.41) is 3.55. The molecule has 2 aromatic rings. The van der Waals surface area contributed by atoms with Gasteiger partial charge in [0.05, 0.1) is 26.0 Å². The highest BCUT2D eigenvalue weighted by Crippen LogP contribution is 2.28. The van der Waals surface area contributed by atoms with E-state index in [0.717, 1.165) is 5.56 Å². The van der Waals surface area contributed by atoms with Crippen molar-refractivity contribution >= 4 is 11.6 Å². The molecule has 0 fully saturated rings. The third kappa shape index (κ3) is 3.17. The molecule has 2 rings (SSSR count). The van der Waals surface area contributed by atoms with Crippen molar-refractivity contribution in [3.63, 3.8) is 0 Å². The molecule has 0 spiro atoms. The highest BCUT2D eigenvalue weighted by Gasteiger charge is 2.12. The molecule has 1 atom stereocenters. The van der Waals surface area contributed by atoms with E-state index in [0.29, 0.717) is 29.6 Å². The van der Waals surface area contributed by atoms with Crippen LogP contribution in [0, 0.1) is 0 Å². The molecule has 0 N–H and O–H groups in total. The largest absolute Gasteiger partial charge is 0.493 e. The minimum atomic E-state index is -0.261. The fourth-order valence-corrected chi connectivity index (χ4v) is 1.76. The number of ether oxygens (including phenoxy) is 2. The van der Waals surface area contributed by atoms with Crippen LogP contribution in [0.1, 0.15) is 29.6 Å². The second-order valence-corrected chi connectivity index (χ2v) is 4.68. The van der Waals surface area contributed by atoms with Gasteiger partial charge < -0.3 is 14.0 Å². The molecule has 5 nitrogen and oxygen atoms in total. The van der Waals surface area contributed by atoms with Gasteiger partial charge in [0.1, 0.15) is 0 Å². The van der Waals surface area contributed by atoms with E-state index in [9.17, 15) is 0 Å². The van der Waals surface area contributed by atoms with Crippen molar-refractivity contribution in [2.75, 3.05) is 14.2 Å². The van der Waals surface area contributed by atoms with E-state index in [1.54, 1.807) is 21.1 Å². The Morgan fingerprint density at radius 1 is 1.26 bits per heavy atom. The van der Waals surface area contributed by atoms with Crippen molar-refractivity contribution in [3.05, 3.63) is 35.5 Å². The number of halogens is 1. The maximum Gasteiger partial charge on any atom is 0.231 e. The molecule has 0 amide bonds. The quantitative estimate of drug-likeness (QED) is 0.789. The first kappa shape index (κ1) is 13.7. The Bertz CT molecular complexity index is 555. The van der Waals surface area contributed by atoms with E-state index in [4.69, 9.17) is 25.6 Å². The Balaban J connectivity index is 2.18. The number of hydrogen-bond acceptors (Lipinski definition) is 5. The predicted octanol–water partition coefficient (Wildman–Crippen LogP) is 2.98. The molecule has 0 radical (unpaired) electrons. The smallest absolute Gasteiger partial charge is 0.231 e. The van der Waals surface area contributed by atoms with Crippen molar-refractivity contribution in [2.24, 2.45) is 0 Å². The average molecular weight is 283 g/mol. The summed E-state index contributed by atoms with van der Waals surface area (Å²) < 4.78 is 15.6. The summed E-state index contributed by atoms with van der Waals surface area (Å²) in [6.07, 6.45) is 0.525. The number of aromatic nitrogens is 2. The van der Waals surface area contributed by atoms with Gasteiger partial charge in [-0.05, 0) is 24.6 Å². The van der Waals surface area contributed by atoms with Crippen LogP contribution in [-0.4, -0.2) is 24.4 Å². The van der Waals surface area contributed by atoms with Crippen LogP contribution in [-0.2, 0) is 6.42 Å². The topological polar surface area (TPSA) is 57.4 Å². The lowest BCUT2D eigenvalue weighted by molar-refractivity contribution is 0.354. The van der Waals surface area contributed by atoms with Crippen LogP contribution in [0.4, 0.5) is 0 Å². The summed E-state index contributed by atoms with van der Waals surface area (Å²) in [5.41, 5.74) is 0.995. The van der Waals surface area contributed by atoms with Gasteiger partial charge in [-0.1, -0.05) is 11.2 Å². The summed E-state index contributed by atoms with van der Waals surface area (Å²) in [6, 6.07) is 5.65. The first-order chi connectivity index (χ1) is 9.13. The monoisotopic (exact) mass is 282 g/mol. The van der Waals surface area contributed by atoms with E-state index in [1.165, 1.54) is 0 Å². The molecule has 19 heavy (non-hydrogen) atoms. The molecule has 1 aromatic heterocycles. The van der Waals surface area contributed by atoms with Gasteiger partial charge in [-0.3, -0.25) is 0 Å². The second-order valence-electron chi connectivity index (χ2n) is 4.03. The van der Waals surface area contributed by atoms with Crippen LogP contribution >= 0.6 is 11.6 Å². The van der Waals surface area contributed by atoms with E-state index in [2.05, 4.69) is 10.1 Å². The molecule has 1 unspecified atom stereocenters. The maximum atomic E-state index is 5.89. The number of alkyl halides is 1. The number of benzene rings is 1. The van der Waals surface area contributed by atoms with Crippen molar-refractivity contribution < 1.29 is 14.0 Å². The van der Waals surface area contributed by atoms with Gasteiger partial charge in [-0.2, -0.15) is 4.98 Å². The lowest BCUT2D eigenvalue weighted by Gasteiger charge is -2.08. The van der Waals surface area contributed by atoms with Crippen LogP contribution in [0.3, 0.4) is 0 Å². The molecular formula is C13H15ClN2O3. The van der Waals surface area contributed by atoms with Crippen molar-refractivity contribution in [1.29, 1.82) is 0 Å². The second kappa shape index (κ2) is 5.93. The molecule has 0 aliphatic heterocycles. The molecule has 0 bridgehead atoms. The van der Waals surface area contributed by atoms with Gasteiger partial charge in [-0.15, -0.1) is 11.6 Å². The summed E-state index contributed by atoms with van der Waals surface area (Å²) in [4.78, 5) is 4.22. The van der Waals surface area contributed by atoms with Crippen LogP contribution in [0.5, 0.6) is 11.5 Å². The molecule has 0 aliphatic carbocycles. The molecule has 6 heteroatoms. The fourth-order valence-electron chi connectivity index (χ4n) is 1.67. The highest BCUT2D eigenvalue weighted by atomic mass is 35.5. The van der Waals surface area contributed by atoms with Gasteiger partial charge >= 0.3 is 0 Å².